The Morgan fingerprint density at radius 3 is 2.60 bits per heavy atom. The zero-order chi connectivity index (χ0) is 14.7. The summed E-state index contributed by atoms with van der Waals surface area (Å²) in [5.74, 6) is -0.473. The molecule has 7 heteroatoms. The largest absolute Gasteiger partial charge is 0.465 e. The number of H-pyrrole nitrogens is 1. The van der Waals surface area contributed by atoms with E-state index >= 15 is 0 Å². The standard InChI is InChI=1S/C13H10ClFN2O3/c14-9-5-8(12(18)16-6-9)7-17(13(19)20)11-3-1-10(15)2-4-11/h1-6H,7H2,(H,16,18)(H,19,20). The Balaban J connectivity index is 2.35. The quantitative estimate of drug-likeness (QED) is 0.914. The van der Waals surface area contributed by atoms with Crippen LogP contribution in [0.4, 0.5) is 14.9 Å². The molecule has 0 spiro atoms. The average molecular weight is 297 g/mol. The van der Waals surface area contributed by atoms with Gasteiger partial charge >= 0.3 is 6.09 Å². The Hall–Kier alpha value is -2.34. The number of amides is 1. The number of aromatic amines is 1. The zero-order valence-electron chi connectivity index (χ0n) is 10.1. The van der Waals surface area contributed by atoms with E-state index in [1.807, 2.05) is 0 Å². The molecule has 0 radical (unpaired) electrons. The lowest BCUT2D eigenvalue weighted by Gasteiger charge is -2.19. The highest BCUT2D eigenvalue weighted by Gasteiger charge is 2.16. The molecule has 0 unspecified atom stereocenters. The van der Waals surface area contributed by atoms with E-state index in [2.05, 4.69) is 4.98 Å². The van der Waals surface area contributed by atoms with Gasteiger partial charge in [0, 0.05) is 17.4 Å². The van der Waals surface area contributed by atoms with E-state index in [9.17, 15) is 19.1 Å². The summed E-state index contributed by atoms with van der Waals surface area (Å²) in [5, 5.41) is 9.50. The van der Waals surface area contributed by atoms with Crippen LogP contribution in [0.1, 0.15) is 5.56 Å². The summed E-state index contributed by atoms with van der Waals surface area (Å²) in [6.45, 7) is -0.184. The van der Waals surface area contributed by atoms with E-state index in [-0.39, 0.29) is 17.8 Å². The fourth-order valence-electron chi connectivity index (χ4n) is 1.68. The molecule has 104 valence electrons. The third kappa shape index (κ3) is 3.16. The topological polar surface area (TPSA) is 73.4 Å². The van der Waals surface area contributed by atoms with Gasteiger partial charge in [-0.25, -0.2) is 9.18 Å². The minimum atomic E-state index is -1.25. The molecule has 1 aromatic carbocycles. The van der Waals surface area contributed by atoms with E-state index in [0.29, 0.717) is 5.02 Å². The number of rotatable bonds is 3. The summed E-state index contributed by atoms with van der Waals surface area (Å²) in [7, 11) is 0. The maximum atomic E-state index is 12.9. The summed E-state index contributed by atoms with van der Waals surface area (Å²) >= 11 is 5.76. The van der Waals surface area contributed by atoms with Crippen LogP contribution in [0.15, 0.2) is 41.3 Å². The van der Waals surface area contributed by atoms with Crippen molar-refractivity contribution in [3.05, 3.63) is 63.3 Å². The molecule has 0 saturated heterocycles. The van der Waals surface area contributed by atoms with Gasteiger partial charge in [-0.1, -0.05) is 11.6 Å². The van der Waals surface area contributed by atoms with Crippen LogP contribution in [-0.2, 0) is 6.54 Å². The Labute approximate surface area is 118 Å². The van der Waals surface area contributed by atoms with Crippen molar-refractivity contribution < 1.29 is 14.3 Å². The number of hydrogen-bond donors (Lipinski definition) is 2. The number of benzene rings is 1. The molecule has 0 aliphatic rings. The van der Waals surface area contributed by atoms with Crippen molar-refractivity contribution in [2.75, 3.05) is 4.90 Å². The van der Waals surface area contributed by atoms with Gasteiger partial charge in [-0.2, -0.15) is 0 Å². The van der Waals surface area contributed by atoms with Crippen molar-refractivity contribution in [2.45, 2.75) is 6.54 Å². The molecule has 20 heavy (non-hydrogen) atoms. The number of pyridine rings is 1. The van der Waals surface area contributed by atoms with Gasteiger partial charge in [0.05, 0.1) is 11.6 Å². The van der Waals surface area contributed by atoms with Gasteiger partial charge in [0.15, 0.2) is 0 Å². The maximum Gasteiger partial charge on any atom is 0.412 e. The first-order chi connectivity index (χ1) is 9.47. The lowest BCUT2D eigenvalue weighted by atomic mass is 10.2. The van der Waals surface area contributed by atoms with E-state index in [1.165, 1.54) is 24.4 Å². The predicted octanol–water partition coefficient (Wildman–Crippen LogP) is 2.85. The van der Waals surface area contributed by atoms with Gasteiger partial charge < -0.3 is 10.1 Å². The highest BCUT2D eigenvalue weighted by Crippen LogP contribution is 2.18. The van der Waals surface area contributed by atoms with Crippen molar-refractivity contribution in [3.63, 3.8) is 0 Å². The van der Waals surface area contributed by atoms with Gasteiger partial charge in [0.1, 0.15) is 5.82 Å². The molecular formula is C13H10ClFN2O3. The zero-order valence-corrected chi connectivity index (χ0v) is 10.9. The van der Waals surface area contributed by atoms with Gasteiger partial charge in [0.2, 0.25) is 0 Å². The number of carbonyl (C=O) groups is 1. The minimum Gasteiger partial charge on any atom is -0.465 e. The summed E-state index contributed by atoms with van der Waals surface area (Å²) in [6.07, 6.45) is 0.0621. The molecule has 2 N–H and O–H groups in total. The molecule has 2 rings (SSSR count). The maximum absolute atomic E-state index is 12.9. The number of nitrogens with zero attached hydrogens (tertiary/aromatic N) is 1. The molecule has 1 aromatic heterocycles. The van der Waals surface area contributed by atoms with Crippen molar-refractivity contribution in [3.8, 4) is 0 Å². The van der Waals surface area contributed by atoms with Crippen LogP contribution in [0.25, 0.3) is 0 Å². The van der Waals surface area contributed by atoms with Crippen molar-refractivity contribution in [1.82, 2.24) is 4.98 Å². The van der Waals surface area contributed by atoms with Gasteiger partial charge in [-0.05, 0) is 30.3 Å². The normalized spacial score (nSPS) is 10.3. The lowest BCUT2D eigenvalue weighted by molar-refractivity contribution is 0.201. The van der Waals surface area contributed by atoms with E-state index in [1.54, 1.807) is 0 Å². The van der Waals surface area contributed by atoms with Crippen LogP contribution in [-0.4, -0.2) is 16.2 Å². The Bertz CT molecular complexity index is 685. The molecule has 0 bridgehead atoms. The van der Waals surface area contributed by atoms with Crippen LogP contribution in [0, 0.1) is 5.82 Å². The van der Waals surface area contributed by atoms with Crippen molar-refractivity contribution >= 4 is 23.4 Å². The molecule has 1 heterocycles. The lowest BCUT2D eigenvalue weighted by Crippen LogP contribution is -2.31. The number of aromatic nitrogens is 1. The fourth-order valence-corrected chi connectivity index (χ4v) is 1.87. The third-order valence-electron chi connectivity index (χ3n) is 2.64. The first kappa shape index (κ1) is 14.1. The predicted molar refractivity (Wildman–Crippen MR) is 72.7 cm³/mol. The number of nitrogens with one attached hydrogen (secondary N) is 1. The summed E-state index contributed by atoms with van der Waals surface area (Å²) in [6, 6.07) is 6.32. The van der Waals surface area contributed by atoms with Crippen molar-refractivity contribution in [1.29, 1.82) is 0 Å². The summed E-state index contributed by atoms with van der Waals surface area (Å²) in [4.78, 5) is 26.2. The monoisotopic (exact) mass is 296 g/mol. The second-order valence-electron chi connectivity index (χ2n) is 4.02. The molecule has 0 aliphatic heterocycles. The molecule has 2 aromatic rings. The van der Waals surface area contributed by atoms with Gasteiger partial charge in [-0.3, -0.25) is 9.69 Å². The van der Waals surface area contributed by atoms with Crippen LogP contribution in [0.3, 0.4) is 0 Å². The van der Waals surface area contributed by atoms with E-state index in [4.69, 9.17) is 11.6 Å². The van der Waals surface area contributed by atoms with E-state index < -0.39 is 17.5 Å². The van der Waals surface area contributed by atoms with Crippen LogP contribution < -0.4 is 10.5 Å². The van der Waals surface area contributed by atoms with Crippen LogP contribution >= 0.6 is 11.6 Å². The number of halogens is 2. The summed E-state index contributed by atoms with van der Waals surface area (Å²) < 4.78 is 12.9. The fraction of sp³-hybridized carbons (Fsp3) is 0.0769. The second-order valence-corrected chi connectivity index (χ2v) is 4.45. The Morgan fingerprint density at radius 2 is 2.00 bits per heavy atom. The Morgan fingerprint density at radius 1 is 1.35 bits per heavy atom. The molecule has 0 atom stereocenters. The van der Waals surface area contributed by atoms with Gasteiger partial charge in [-0.15, -0.1) is 0 Å². The molecular weight excluding hydrogens is 287 g/mol. The van der Waals surface area contributed by atoms with E-state index in [0.717, 1.165) is 17.0 Å². The van der Waals surface area contributed by atoms with Gasteiger partial charge in [0.25, 0.3) is 5.56 Å². The Kier molecular flexibility index (Phi) is 4.05. The molecule has 0 aliphatic carbocycles. The van der Waals surface area contributed by atoms with Crippen LogP contribution in [0.5, 0.6) is 0 Å². The van der Waals surface area contributed by atoms with Crippen LogP contribution in [0.2, 0.25) is 5.02 Å². The SMILES string of the molecule is O=C(O)N(Cc1cc(Cl)c[nH]c1=O)c1ccc(F)cc1. The van der Waals surface area contributed by atoms with Crippen molar-refractivity contribution in [2.24, 2.45) is 0 Å². The third-order valence-corrected chi connectivity index (χ3v) is 2.86. The minimum absolute atomic E-state index is 0.184. The summed E-state index contributed by atoms with van der Waals surface area (Å²) in [5.41, 5.74) is 0.0327. The average Bonchev–Trinajstić information content (AvgIpc) is 2.40. The number of anilines is 1. The molecule has 0 fully saturated rings. The highest BCUT2D eigenvalue weighted by atomic mass is 35.5. The molecule has 1 amide bonds. The second kappa shape index (κ2) is 5.75. The first-order valence-corrected chi connectivity index (χ1v) is 5.98. The highest BCUT2D eigenvalue weighted by molar-refractivity contribution is 6.30. The number of hydrogen-bond acceptors (Lipinski definition) is 2. The number of carboxylic acid groups (broad SMARTS) is 1. The molecule has 5 nitrogen and oxygen atoms in total. The first-order valence-electron chi connectivity index (χ1n) is 5.60. The smallest absolute Gasteiger partial charge is 0.412 e. The molecule has 0 saturated carbocycles.